The highest BCUT2D eigenvalue weighted by atomic mass is 32.2. The molecule has 0 N–H and O–H groups in total. The van der Waals surface area contributed by atoms with Gasteiger partial charge in [-0.1, -0.05) is 65.9 Å². The highest BCUT2D eigenvalue weighted by molar-refractivity contribution is 8.15. The first-order valence-electron chi connectivity index (χ1n) is 9.14. The second-order valence-electron chi connectivity index (χ2n) is 6.03. The van der Waals surface area contributed by atoms with E-state index in [4.69, 9.17) is 4.99 Å². The van der Waals surface area contributed by atoms with Crippen LogP contribution < -0.4 is 0 Å². The summed E-state index contributed by atoms with van der Waals surface area (Å²) in [5.74, 6) is 2.08. The van der Waals surface area contributed by atoms with Gasteiger partial charge in [0.25, 0.3) is 0 Å². The molecule has 0 radical (unpaired) electrons. The van der Waals surface area contributed by atoms with E-state index in [0.29, 0.717) is 0 Å². The molecule has 0 aliphatic heterocycles. The average molecular weight is 422 g/mol. The molecule has 0 aliphatic rings. The second kappa shape index (κ2) is 11.8. The zero-order chi connectivity index (χ0) is 19.4. The molecule has 0 spiro atoms. The van der Waals surface area contributed by atoms with Crippen molar-refractivity contribution in [2.75, 3.05) is 11.5 Å². The maximum absolute atomic E-state index is 4.85. The van der Waals surface area contributed by atoms with Crippen molar-refractivity contribution in [1.29, 1.82) is 0 Å². The summed E-state index contributed by atoms with van der Waals surface area (Å²) < 4.78 is 0. The summed E-state index contributed by atoms with van der Waals surface area (Å²) in [5.41, 5.74) is 2.25. The van der Waals surface area contributed by atoms with Gasteiger partial charge in [0.15, 0.2) is 0 Å². The third-order valence-corrected chi connectivity index (χ3v) is 6.80. The number of aliphatic imine (C=N–C) groups is 1. The van der Waals surface area contributed by atoms with Crippen LogP contribution in [-0.2, 0) is 0 Å². The van der Waals surface area contributed by atoms with Crippen molar-refractivity contribution in [3.8, 4) is 0 Å². The van der Waals surface area contributed by atoms with Crippen LogP contribution in [-0.4, -0.2) is 16.5 Å². The first-order chi connectivity index (χ1) is 13.8. The fourth-order valence-corrected chi connectivity index (χ4v) is 4.91. The Labute approximate surface area is 180 Å². The van der Waals surface area contributed by atoms with Crippen molar-refractivity contribution in [3.63, 3.8) is 0 Å². The predicted octanol–water partition coefficient (Wildman–Crippen LogP) is 7.86. The molecule has 0 heterocycles. The van der Waals surface area contributed by atoms with Gasteiger partial charge in [-0.25, -0.2) is 4.99 Å². The highest BCUT2D eigenvalue weighted by Gasteiger charge is 2.00. The predicted molar refractivity (Wildman–Crippen MR) is 129 cm³/mol. The van der Waals surface area contributed by atoms with Gasteiger partial charge in [-0.3, -0.25) is 0 Å². The summed E-state index contributed by atoms with van der Waals surface area (Å²) in [6, 6.07) is 29.3. The first-order valence-corrected chi connectivity index (χ1v) is 12.0. The van der Waals surface area contributed by atoms with Crippen molar-refractivity contribution in [2.24, 2.45) is 4.99 Å². The number of nitrogens with zero attached hydrogens (tertiary/aromatic N) is 1. The van der Waals surface area contributed by atoms with Crippen molar-refractivity contribution < 1.29 is 0 Å². The van der Waals surface area contributed by atoms with E-state index in [0.717, 1.165) is 22.2 Å². The van der Waals surface area contributed by atoms with Gasteiger partial charge in [0.2, 0.25) is 0 Å². The normalized spacial score (nSPS) is 11.8. The summed E-state index contributed by atoms with van der Waals surface area (Å²) in [6.45, 7) is 2.10. The Bertz CT molecular complexity index is 888. The van der Waals surface area contributed by atoms with Gasteiger partial charge in [0.05, 0.1) is 10.7 Å². The van der Waals surface area contributed by atoms with Gasteiger partial charge < -0.3 is 0 Å². The van der Waals surface area contributed by atoms with E-state index < -0.39 is 0 Å². The molecule has 0 saturated carbocycles. The third-order valence-electron chi connectivity index (χ3n) is 3.78. The Morgan fingerprint density at radius 2 is 1.43 bits per heavy atom. The third kappa shape index (κ3) is 7.63. The highest BCUT2D eigenvalue weighted by Crippen LogP contribution is 2.23. The molecule has 0 unspecified atom stereocenters. The summed E-state index contributed by atoms with van der Waals surface area (Å²) >= 11 is 5.41. The van der Waals surface area contributed by atoms with Crippen molar-refractivity contribution in [1.82, 2.24) is 0 Å². The first kappa shape index (κ1) is 20.8. The van der Waals surface area contributed by atoms with Gasteiger partial charge in [0, 0.05) is 21.3 Å². The molecule has 142 valence electrons. The van der Waals surface area contributed by atoms with Gasteiger partial charge in [0.1, 0.15) is 0 Å². The molecule has 4 heteroatoms. The average Bonchev–Trinajstić information content (AvgIpc) is 2.74. The van der Waals surface area contributed by atoms with E-state index in [2.05, 4.69) is 97.3 Å². The molecule has 3 aromatic rings. The van der Waals surface area contributed by atoms with Gasteiger partial charge >= 0.3 is 0 Å². The lowest BCUT2D eigenvalue weighted by Gasteiger charge is -2.04. The SMILES string of the molecule is Cc1ccc(N=C(C=CSc2ccccc2)SCCSc2ccccc2)cc1. The van der Waals surface area contributed by atoms with Gasteiger partial charge in [-0.15, -0.1) is 23.5 Å². The Balaban J connectivity index is 1.60. The molecule has 0 bridgehead atoms. The number of rotatable bonds is 8. The monoisotopic (exact) mass is 421 g/mol. The summed E-state index contributed by atoms with van der Waals surface area (Å²) in [7, 11) is 0. The van der Waals surface area contributed by atoms with Crippen LogP contribution in [0.4, 0.5) is 5.69 Å². The Kier molecular flexibility index (Phi) is 8.82. The Morgan fingerprint density at radius 3 is 2.11 bits per heavy atom. The Hall–Kier alpha value is -1.88. The largest absolute Gasteiger partial charge is 0.242 e. The van der Waals surface area contributed by atoms with Crippen LogP contribution in [0.25, 0.3) is 0 Å². The molecule has 28 heavy (non-hydrogen) atoms. The van der Waals surface area contributed by atoms with E-state index in [1.54, 1.807) is 23.5 Å². The molecular weight excluding hydrogens is 398 g/mol. The lowest BCUT2D eigenvalue weighted by molar-refractivity contribution is 1.43. The molecule has 0 saturated heterocycles. The van der Waals surface area contributed by atoms with Crippen LogP contribution in [0.2, 0.25) is 0 Å². The number of aryl methyl sites for hydroxylation is 1. The van der Waals surface area contributed by atoms with Crippen LogP contribution in [0.3, 0.4) is 0 Å². The minimum absolute atomic E-state index is 0.998. The minimum atomic E-state index is 0.998. The zero-order valence-corrected chi connectivity index (χ0v) is 18.3. The maximum atomic E-state index is 4.85. The molecule has 0 amide bonds. The molecule has 0 aliphatic carbocycles. The number of hydrogen-bond acceptors (Lipinski definition) is 4. The van der Waals surface area contributed by atoms with Gasteiger partial charge in [-0.05, 0) is 54.8 Å². The molecule has 0 atom stereocenters. The minimum Gasteiger partial charge on any atom is -0.242 e. The number of hydrogen-bond donors (Lipinski definition) is 0. The fraction of sp³-hybridized carbons (Fsp3) is 0.125. The van der Waals surface area contributed by atoms with E-state index in [1.807, 2.05) is 17.8 Å². The lowest BCUT2D eigenvalue weighted by atomic mass is 10.2. The topological polar surface area (TPSA) is 12.4 Å². The molecule has 0 aromatic heterocycles. The molecule has 1 nitrogen and oxygen atoms in total. The van der Waals surface area contributed by atoms with Crippen LogP contribution in [0.15, 0.2) is 111 Å². The maximum Gasteiger partial charge on any atom is 0.0972 e. The van der Waals surface area contributed by atoms with Crippen LogP contribution in [0.5, 0.6) is 0 Å². The van der Waals surface area contributed by atoms with E-state index in [-0.39, 0.29) is 0 Å². The molecule has 3 rings (SSSR count). The van der Waals surface area contributed by atoms with Crippen molar-refractivity contribution in [2.45, 2.75) is 16.7 Å². The summed E-state index contributed by atoms with van der Waals surface area (Å²) in [4.78, 5) is 7.40. The van der Waals surface area contributed by atoms with Crippen molar-refractivity contribution >= 4 is 46.0 Å². The fourth-order valence-electron chi connectivity index (χ4n) is 2.36. The second-order valence-corrected chi connectivity index (χ2v) is 9.29. The van der Waals surface area contributed by atoms with Crippen LogP contribution in [0, 0.1) is 6.92 Å². The molecular formula is C24H23NS3. The van der Waals surface area contributed by atoms with Crippen LogP contribution >= 0.6 is 35.3 Å². The quantitative estimate of drug-likeness (QED) is 0.159. The zero-order valence-electron chi connectivity index (χ0n) is 15.8. The summed E-state index contributed by atoms with van der Waals surface area (Å²) in [5, 5.41) is 3.17. The van der Waals surface area contributed by atoms with E-state index in [9.17, 15) is 0 Å². The van der Waals surface area contributed by atoms with Crippen LogP contribution in [0.1, 0.15) is 5.56 Å². The number of thioether (sulfide) groups is 3. The standard InChI is InChI=1S/C24H23NS3/c1-20-12-14-21(15-13-20)25-24(16-17-26-22-8-4-2-5-9-22)28-19-18-27-23-10-6-3-7-11-23/h2-17H,18-19H2,1H3. The van der Waals surface area contributed by atoms with E-state index >= 15 is 0 Å². The van der Waals surface area contributed by atoms with Gasteiger partial charge in [-0.2, -0.15) is 0 Å². The summed E-state index contributed by atoms with van der Waals surface area (Å²) in [6.07, 6.45) is 2.12. The Morgan fingerprint density at radius 1 is 0.786 bits per heavy atom. The van der Waals surface area contributed by atoms with Crippen molar-refractivity contribution in [3.05, 3.63) is 102 Å². The van der Waals surface area contributed by atoms with E-state index in [1.165, 1.54) is 15.4 Å². The smallest absolute Gasteiger partial charge is 0.0972 e. The molecule has 0 fully saturated rings. The lowest BCUT2D eigenvalue weighted by Crippen LogP contribution is -1.92. The number of benzene rings is 3. The molecule has 3 aromatic carbocycles.